The first-order valence-electron chi connectivity index (χ1n) is 18.4. The molecule has 8 rings (SSSR count). The molecule has 0 bridgehead atoms. The number of carbonyl (C=O) groups is 6. The first-order chi connectivity index (χ1) is 26.7. The van der Waals surface area contributed by atoms with Gasteiger partial charge in [0.1, 0.15) is 13.2 Å². The zero-order valence-corrected chi connectivity index (χ0v) is 33.6. The Bertz CT molecular complexity index is 1850. The monoisotopic (exact) mass is 814 g/mol. The standard InChI is InChI=1S/C36H46N8O10S2/c1-15-23(29(47)21-17(13-53-33(37)49)35(51-5)31-19(41(31)3)11-43(35)25(21)27(15)45)39-7-9-55-56-10-8-40-24-16(2)28(46)26-22(30(24)48)18(14-54-34(38)50)36(52-6)32-20(42(32)4)12-44(26)36/h17-20,31-32,39-40H,7-14H2,1-6H3,(H2,37,49)(H2,38,50). The predicted octanol–water partition coefficient (Wildman–Crippen LogP) is -0.961. The SMILES string of the molecule is COC12C(COC(N)=O)C3=C(C(=O)C(C)=C(NCCSSCCNC4=C(C)C(=O)C5=C(C4=O)C(COC(N)=O)C4(OC)C6C(CN54)N6C)C3=O)N1CC1C2N1C. The predicted molar refractivity (Wildman–Crippen MR) is 202 cm³/mol. The number of likely N-dealkylation sites (N-methyl/N-ethyl adjacent to an activating group) is 2. The molecule has 2 amide bonds. The minimum absolute atomic E-state index is 0.0815. The van der Waals surface area contributed by atoms with E-state index in [1.165, 1.54) is 0 Å². The molecule has 302 valence electrons. The molecule has 6 heterocycles. The van der Waals surface area contributed by atoms with E-state index in [9.17, 15) is 28.8 Å². The number of Topliss-reactive ketones (excluding diaryl/α,β-unsaturated/α-hetero) is 4. The Labute approximate surface area is 331 Å². The minimum Gasteiger partial charge on any atom is -0.449 e. The number of hydrogen-bond acceptors (Lipinski definition) is 18. The summed E-state index contributed by atoms with van der Waals surface area (Å²) in [6, 6.07) is 0.137. The highest BCUT2D eigenvalue weighted by Crippen LogP contribution is 2.60. The van der Waals surface area contributed by atoms with Gasteiger partial charge in [-0.1, -0.05) is 21.6 Å². The van der Waals surface area contributed by atoms with E-state index in [1.54, 1.807) is 49.7 Å². The van der Waals surface area contributed by atoms with E-state index >= 15 is 0 Å². The van der Waals surface area contributed by atoms with Gasteiger partial charge in [0.05, 0.1) is 46.7 Å². The number of hydrogen-bond donors (Lipinski definition) is 4. The van der Waals surface area contributed by atoms with Crippen LogP contribution in [0.1, 0.15) is 13.8 Å². The highest BCUT2D eigenvalue weighted by Gasteiger charge is 2.76. The molecule has 4 fully saturated rings. The average Bonchev–Trinajstić information content (AvgIpc) is 3.70. The van der Waals surface area contributed by atoms with Crippen LogP contribution in [-0.2, 0) is 38.1 Å². The minimum atomic E-state index is -1.04. The number of ketones is 4. The maximum Gasteiger partial charge on any atom is 0.404 e. The number of fused-ring (bicyclic) bond motifs is 8. The van der Waals surface area contributed by atoms with Gasteiger partial charge in [-0.15, -0.1) is 0 Å². The highest BCUT2D eigenvalue weighted by molar-refractivity contribution is 8.76. The fourth-order valence-electron chi connectivity index (χ4n) is 10.4. The van der Waals surface area contributed by atoms with E-state index in [0.717, 1.165) is 0 Å². The number of methoxy groups -OCH3 is 2. The second kappa shape index (κ2) is 13.8. The number of nitrogens with one attached hydrogen (secondary N) is 2. The maximum atomic E-state index is 14.1. The van der Waals surface area contributed by atoms with Gasteiger partial charge in [0, 0.05) is 86.3 Å². The number of carbonyl (C=O) groups excluding carboxylic acids is 6. The molecule has 0 aromatic carbocycles. The van der Waals surface area contributed by atoms with Crippen molar-refractivity contribution >= 4 is 56.9 Å². The molecule has 0 spiro atoms. The summed E-state index contributed by atoms with van der Waals surface area (Å²) in [6.07, 6.45) is -1.95. The second-order valence-electron chi connectivity index (χ2n) is 15.2. The average molecular weight is 815 g/mol. The number of amides is 2. The van der Waals surface area contributed by atoms with E-state index in [0.29, 0.717) is 60.2 Å². The van der Waals surface area contributed by atoms with Crippen molar-refractivity contribution in [2.45, 2.75) is 49.5 Å². The van der Waals surface area contributed by atoms with E-state index < -0.39 is 35.5 Å². The summed E-state index contributed by atoms with van der Waals surface area (Å²) in [5.74, 6) is -1.47. The van der Waals surface area contributed by atoms with Crippen LogP contribution >= 0.6 is 21.6 Å². The van der Waals surface area contributed by atoms with Crippen LogP contribution in [0.15, 0.2) is 45.1 Å². The molecule has 20 heteroatoms. The van der Waals surface area contributed by atoms with Crippen LogP contribution in [0, 0.1) is 11.8 Å². The lowest BCUT2D eigenvalue weighted by Crippen LogP contribution is -2.55. The molecule has 10 atom stereocenters. The molecule has 0 aromatic rings. The van der Waals surface area contributed by atoms with Crippen LogP contribution < -0.4 is 22.1 Å². The van der Waals surface area contributed by atoms with Gasteiger partial charge in [-0.05, 0) is 27.9 Å². The smallest absolute Gasteiger partial charge is 0.404 e. The van der Waals surface area contributed by atoms with Gasteiger partial charge in [0.25, 0.3) is 0 Å². The Kier molecular flexibility index (Phi) is 9.55. The Morgan fingerprint density at radius 2 is 1.07 bits per heavy atom. The Balaban J connectivity index is 0.862. The fourth-order valence-corrected chi connectivity index (χ4v) is 12.2. The lowest BCUT2D eigenvalue weighted by atomic mass is 9.82. The van der Waals surface area contributed by atoms with Crippen molar-refractivity contribution < 1.29 is 47.7 Å². The topological polar surface area (TPSA) is 228 Å². The lowest BCUT2D eigenvalue weighted by Gasteiger charge is -2.40. The number of nitrogens with two attached hydrogens (primary N) is 2. The molecule has 56 heavy (non-hydrogen) atoms. The van der Waals surface area contributed by atoms with Gasteiger partial charge >= 0.3 is 12.2 Å². The maximum absolute atomic E-state index is 14.1. The third-order valence-corrected chi connectivity index (χ3v) is 15.4. The van der Waals surface area contributed by atoms with Crippen LogP contribution in [0.4, 0.5) is 9.59 Å². The van der Waals surface area contributed by atoms with E-state index in [4.69, 9.17) is 30.4 Å². The highest BCUT2D eigenvalue weighted by atomic mass is 33.1. The molecule has 0 radical (unpaired) electrons. The van der Waals surface area contributed by atoms with Gasteiger partial charge in [-0.25, -0.2) is 9.59 Å². The first kappa shape index (κ1) is 38.8. The van der Waals surface area contributed by atoms with Crippen molar-refractivity contribution in [1.82, 2.24) is 30.2 Å². The largest absolute Gasteiger partial charge is 0.449 e. The molecule has 2 aliphatic carbocycles. The van der Waals surface area contributed by atoms with Crippen LogP contribution in [0.3, 0.4) is 0 Å². The molecule has 18 nitrogen and oxygen atoms in total. The molecule has 8 aliphatic rings. The van der Waals surface area contributed by atoms with E-state index in [2.05, 4.69) is 20.4 Å². The van der Waals surface area contributed by atoms with Crippen LogP contribution in [0.25, 0.3) is 0 Å². The van der Waals surface area contributed by atoms with E-state index in [1.807, 2.05) is 23.9 Å². The number of rotatable bonds is 15. The molecule has 0 aromatic heterocycles. The van der Waals surface area contributed by atoms with Gasteiger partial charge in [-0.2, -0.15) is 0 Å². The van der Waals surface area contributed by atoms with Crippen molar-refractivity contribution in [2.24, 2.45) is 23.3 Å². The molecule has 4 saturated heterocycles. The number of primary amides is 2. The van der Waals surface area contributed by atoms with Crippen molar-refractivity contribution in [3.05, 3.63) is 45.1 Å². The Morgan fingerprint density at radius 1 is 0.696 bits per heavy atom. The van der Waals surface area contributed by atoms with Gasteiger partial charge < -0.3 is 50.8 Å². The summed E-state index contributed by atoms with van der Waals surface area (Å²) in [5.41, 5.74) is 10.8. The number of ether oxygens (including phenoxy) is 4. The van der Waals surface area contributed by atoms with Gasteiger partial charge in [-0.3, -0.25) is 29.0 Å². The molecule has 6 aliphatic heterocycles. The Hall–Kier alpha value is -4.08. The van der Waals surface area contributed by atoms with Crippen molar-refractivity contribution in [1.29, 1.82) is 0 Å². The normalized spacial score (nSPS) is 36.1. The van der Waals surface area contributed by atoms with E-state index in [-0.39, 0.29) is 83.1 Å². The lowest BCUT2D eigenvalue weighted by molar-refractivity contribution is -0.144. The number of piperazine rings is 2. The molecule has 0 saturated carbocycles. The summed E-state index contributed by atoms with van der Waals surface area (Å²) >= 11 is 0. The third-order valence-electron chi connectivity index (χ3n) is 13.0. The second-order valence-corrected chi connectivity index (χ2v) is 17.9. The number of nitrogens with zero attached hydrogens (tertiary/aromatic N) is 4. The van der Waals surface area contributed by atoms with Gasteiger partial charge in [0.15, 0.2) is 11.4 Å². The summed E-state index contributed by atoms with van der Waals surface area (Å²) < 4.78 is 22.7. The summed E-state index contributed by atoms with van der Waals surface area (Å²) in [5, 5.41) is 6.37. The van der Waals surface area contributed by atoms with Gasteiger partial charge in [0.2, 0.25) is 23.1 Å². The quantitative estimate of drug-likeness (QED) is 0.0676. The fraction of sp³-hybridized carbons (Fsp3) is 0.611. The zero-order chi connectivity index (χ0) is 40.2. The van der Waals surface area contributed by atoms with Crippen LogP contribution in [0.5, 0.6) is 0 Å². The van der Waals surface area contributed by atoms with Crippen molar-refractivity contribution in [3.8, 4) is 0 Å². The first-order valence-corrected chi connectivity index (χ1v) is 20.9. The van der Waals surface area contributed by atoms with Crippen molar-refractivity contribution in [3.63, 3.8) is 0 Å². The zero-order valence-electron chi connectivity index (χ0n) is 32.0. The summed E-state index contributed by atoms with van der Waals surface area (Å²) in [6.45, 7) is 4.65. The summed E-state index contributed by atoms with van der Waals surface area (Å²) in [7, 11) is 10.1. The molecule has 10 unspecified atom stereocenters. The number of allylic oxidation sites excluding steroid dienone is 4. The summed E-state index contributed by atoms with van der Waals surface area (Å²) in [4.78, 5) is 87.2. The molecule has 6 N–H and O–H groups in total. The van der Waals surface area contributed by atoms with Crippen LogP contribution in [0.2, 0.25) is 0 Å². The van der Waals surface area contributed by atoms with Crippen LogP contribution in [-0.4, -0.2) is 170 Å². The third kappa shape index (κ3) is 5.25. The van der Waals surface area contributed by atoms with Crippen molar-refractivity contribution in [2.75, 3.05) is 79.2 Å². The molecular weight excluding hydrogens is 769 g/mol. The Morgan fingerprint density at radius 3 is 1.41 bits per heavy atom. The molecular formula is C36H46N8O10S2.